The van der Waals surface area contributed by atoms with Crippen molar-refractivity contribution in [2.24, 2.45) is 11.1 Å². The first kappa shape index (κ1) is 9.93. The summed E-state index contributed by atoms with van der Waals surface area (Å²) >= 11 is 0. The number of carbonyl (C=O) groups is 1. The third-order valence-corrected chi connectivity index (χ3v) is 3.63. The number of rotatable bonds is 2. The number of ether oxygens (including phenoxy) is 1. The molecule has 0 unspecified atom stereocenters. The SMILES string of the molecule is CC1(C(N)=O)CCN(C2COC2)CC1. The van der Waals surface area contributed by atoms with E-state index in [1.807, 2.05) is 6.92 Å². The Bertz CT molecular complexity index is 230. The molecule has 0 aliphatic carbocycles. The minimum absolute atomic E-state index is 0.151. The number of primary amides is 1. The summed E-state index contributed by atoms with van der Waals surface area (Å²) in [5, 5.41) is 0. The number of hydrogen-bond donors (Lipinski definition) is 1. The van der Waals surface area contributed by atoms with Gasteiger partial charge in [0.25, 0.3) is 0 Å². The van der Waals surface area contributed by atoms with Gasteiger partial charge in [0.1, 0.15) is 0 Å². The fraction of sp³-hybridized carbons (Fsp3) is 0.900. The van der Waals surface area contributed by atoms with Crippen molar-refractivity contribution in [1.29, 1.82) is 0 Å². The highest BCUT2D eigenvalue weighted by Crippen LogP contribution is 2.31. The van der Waals surface area contributed by atoms with Gasteiger partial charge < -0.3 is 10.5 Å². The smallest absolute Gasteiger partial charge is 0.223 e. The van der Waals surface area contributed by atoms with Gasteiger partial charge in [0.15, 0.2) is 0 Å². The normalized spacial score (nSPS) is 28.4. The van der Waals surface area contributed by atoms with Crippen LogP contribution >= 0.6 is 0 Å². The maximum atomic E-state index is 11.2. The van der Waals surface area contributed by atoms with E-state index in [2.05, 4.69) is 4.90 Å². The fourth-order valence-corrected chi connectivity index (χ4v) is 2.06. The maximum absolute atomic E-state index is 11.2. The maximum Gasteiger partial charge on any atom is 0.223 e. The van der Waals surface area contributed by atoms with Crippen LogP contribution < -0.4 is 5.73 Å². The van der Waals surface area contributed by atoms with Crippen LogP contribution in [0.25, 0.3) is 0 Å². The third-order valence-electron chi connectivity index (χ3n) is 3.63. The molecule has 1 amide bonds. The summed E-state index contributed by atoms with van der Waals surface area (Å²) in [6.07, 6.45) is 1.78. The molecule has 2 aliphatic rings. The van der Waals surface area contributed by atoms with Crippen LogP contribution in [0.4, 0.5) is 0 Å². The number of carbonyl (C=O) groups excluding carboxylic acids is 1. The minimum atomic E-state index is -0.277. The van der Waals surface area contributed by atoms with Gasteiger partial charge in [0.05, 0.1) is 19.3 Å². The molecule has 2 heterocycles. The summed E-state index contributed by atoms with van der Waals surface area (Å²) in [6.45, 7) is 5.64. The van der Waals surface area contributed by atoms with Gasteiger partial charge in [-0.25, -0.2) is 0 Å². The van der Waals surface area contributed by atoms with E-state index in [0.717, 1.165) is 39.1 Å². The molecule has 0 spiro atoms. The van der Waals surface area contributed by atoms with Crippen molar-refractivity contribution in [3.63, 3.8) is 0 Å². The van der Waals surface area contributed by atoms with Gasteiger partial charge in [0, 0.05) is 5.41 Å². The van der Waals surface area contributed by atoms with Crippen molar-refractivity contribution in [3.05, 3.63) is 0 Å². The minimum Gasteiger partial charge on any atom is -0.378 e. The lowest BCUT2D eigenvalue weighted by Gasteiger charge is -2.43. The van der Waals surface area contributed by atoms with E-state index in [0.29, 0.717) is 6.04 Å². The number of likely N-dealkylation sites (tertiary alicyclic amines) is 1. The third kappa shape index (κ3) is 1.64. The molecule has 4 heteroatoms. The molecule has 80 valence electrons. The average molecular weight is 198 g/mol. The molecule has 2 fully saturated rings. The first-order chi connectivity index (χ1) is 6.62. The second kappa shape index (κ2) is 3.51. The van der Waals surface area contributed by atoms with Gasteiger partial charge in [-0.1, -0.05) is 6.92 Å². The Balaban J connectivity index is 1.87. The highest BCUT2D eigenvalue weighted by molar-refractivity contribution is 5.80. The fourth-order valence-electron chi connectivity index (χ4n) is 2.06. The van der Waals surface area contributed by atoms with Gasteiger partial charge in [-0.3, -0.25) is 9.69 Å². The Morgan fingerprint density at radius 1 is 1.43 bits per heavy atom. The zero-order chi connectivity index (χ0) is 10.2. The Morgan fingerprint density at radius 2 is 2.00 bits per heavy atom. The molecule has 2 aliphatic heterocycles. The van der Waals surface area contributed by atoms with E-state index < -0.39 is 0 Å². The van der Waals surface area contributed by atoms with Gasteiger partial charge in [-0.2, -0.15) is 0 Å². The molecule has 0 aromatic carbocycles. The second-order valence-corrected chi connectivity index (χ2v) is 4.65. The van der Waals surface area contributed by atoms with Gasteiger partial charge in [0.2, 0.25) is 5.91 Å². The van der Waals surface area contributed by atoms with Crippen LogP contribution in [0.5, 0.6) is 0 Å². The molecule has 0 aromatic heterocycles. The summed E-state index contributed by atoms with van der Waals surface area (Å²) in [7, 11) is 0. The van der Waals surface area contributed by atoms with Crippen molar-refractivity contribution >= 4 is 5.91 Å². The van der Waals surface area contributed by atoms with Gasteiger partial charge in [-0.05, 0) is 25.9 Å². The number of piperidine rings is 1. The lowest BCUT2D eigenvalue weighted by molar-refractivity contribution is -0.132. The zero-order valence-corrected chi connectivity index (χ0v) is 8.66. The molecule has 14 heavy (non-hydrogen) atoms. The summed E-state index contributed by atoms with van der Waals surface area (Å²) in [5.41, 5.74) is 5.11. The molecular formula is C10H18N2O2. The van der Waals surface area contributed by atoms with Gasteiger partial charge in [-0.15, -0.1) is 0 Å². The van der Waals surface area contributed by atoms with Crippen LogP contribution in [0, 0.1) is 5.41 Å². The van der Waals surface area contributed by atoms with Crippen LogP contribution in [-0.2, 0) is 9.53 Å². The van der Waals surface area contributed by atoms with Gasteiger partial charge >= 0.3 is 0 Å². The molecule has 0 saturated carbocycles. The van der Waals surface area contributed by atoms with E-state index >= 15 is 0 Å². The van der Waals surface area contributed by atoms with E-state index in [1.165, 1.54) is 0 Å². The Hall–Kier alpha value is -0.610. The molecule has 2 saturated heterocycles. The van der Waals surface area contributed by atoms with E-state index in [-0.39, 0.29) is 11.3 Å². The number of nitrogens with zero attached hydrogens (tertiary/aromatic N) is 1. The average Bonchev–Trinajstić information content (AvgIpc) is 2.06. The quantitative estimate of drug-likeness (QED) is 0.678. The Morgan fingerprint density at radius 3 is 2.36 bits per heavy atom. The van der Waals surface area contributed by atoms with Crippen molar-refractivity contribution in [2.45, 2.75) is 25.8 Å². The van der Waals surface area contributed by atoms with Crippen molar-refractivity contribution < 1.29 is 9.53 Å². The largest absolute Gasteiger partial charge is 0.378 e. The number of hydrogen-bond acceptors (Lipinski definition) is 3. The van der Waals surface area contributed by atoms with Crippen molar-refractivity contribution in [3.8, 4) is 0 Å². The van der Waals surface area contributed by atoms with E-state index in [4.69, 9.17) is 10.5 Å². The van der Waals surface area contributed by atoms with Crippen LogP contribution in [0.1, 0.15) is 19.8 Å². The van der Waals surface area contributed by atoms with Crippen molar-refractivity contribution in [1.82, 2.24) is 4.90 Å². The first-order valence-electron chi connectivity index (χ1n) is 5.23. The first-order valence-corrected chi connectivity index (χ1v) is 5.23. The zero-order valence-electron chi connectivity index (χ0n) is 8.66. The highest BCUT2D eigenvalue weighted by Gasteiger charge is 2.38. The predicted molar refractivity (Wildman–Crippen MR) is 52.7 cm³/mol. The lowest BCUT2D eigenvalue weighted by Crippen LogP contribution is -2.54. The molecule has 0 aromatic rings. The van der Waals surface area contributed by atoms with Crippen LogP contribution in [0.3, 0.4) is 0 Å². The molecule has 0 bridgehead atoms. The Kier molecular flexibility index (Phi) is 2.49. The van der Waals surface area contributed by atoms with E-state index in [9.17, 15) is 4.79 Å². The molecule has 2 rings (SSSR count). The standard InChI is InChI=1S/C10H18N2O2/c1-10(9(11)13)2-4-12(5-3-10)8-6-14-7-8/h8H,2-7H2,1H3,(H2,11,13). The second-order valence-electron chi connectivity index (χ2n) is 4.65. The molecule has 2 N–H and O–H groups in total. The highest BCUT2D eigenvalue weighted by atomic mass is 16.5. The number of nitrogens with two attached hydrogens (primary N) is 1. The van der Waals surface area contributed by atoms with E-state index in [1.54, 1.807) is 0 Å². The summed E-state index contributed by atoms with van der Waals surface area (Å²) < 4.78 is 5.15. The monoisotopic (exact) mass is 198 g/mol. The molecule has 0 atom stereocenters. The van der Waals surface area contributed by atoms with Crippen LogP contribution in [-0.4, -0.2) is 43.2 Å². The molecule has 4 nitrogen and oxygen atoms in total. The summed E-state index contributed by atoms with van der Waals surface area (Å²) in [4.78, 5) is 13.6. The lowest BCUT2D eigenvalue weighted by atomic mass is 9.79. The summed E-state index contributed by atoms with van der Waals surface area (Å²) in [5.74, 6) is -0.151. The molecular weight excluding hydrogens is 180 g/mol. The molecule has 0 radical (unpaired) electrons. The van der Waals surface area contributed by atoms with Crippen molar-refractivity contribution in [2.75, 3.05) is 26.3 Å². The van der Waals surface area contributed by atoms with Crippen LogP contribution in [0.2, 0.25) is 0 Å². The summed E-state index contributed by atoms with van der Waals surface area (Å²) in [6, 6.07) is 0.590. The van der Waals surface area contributed by atoms with Crippen LogP contribution in [0.15, 0.2) is 0 Å². The number of amides is 1. The predicted octanol–water partition coefficient (Wildman–Crippen LogP) is -0.0274. The topological polar surface area (TPSA) is 55.6 Å². The Labute approximate surface area is 84.4 Å².